The Bertz CT molecular complexity index is 728. The highest BCUT2D eigenvalue weighted by Crippen LogP contribution is 2.21. The van der Waals surface area contributed by atoms with E-state index in [0.717, 1.165) is 0 Å². The number of nitrogens with zero attached hydrogens (tertiary/aromatic N) is 2. The number of hydrogen-bond donors (Lipinski definition) is 3. The number of benzene rings is 1. The molecule has 0 unspecified atom stereocenters. The van der Waals surface area contributed by atoms with Gasteiger partial charge in [-0.2, -0.15) is 5.26 Å². The zero-order valence-corrected chi connectivity index (χ0v) is 13.1. The van der Waals surface area contributed by atoms with E-state index < -0.39 is 0 Å². The average molecular weight is 361 g/mol. The van der Waals surface area contributed by atoms with Crippen molar-refractivity contribution in [3.05, 3.63) is 52.1 Å². The molecule has 0 bridgehead atoms. The standard InChI is InChI=1S/C15H13BrN4O2/c16-11-3-4-12(13(21)8-11)15(22)20-7-6-19-14-10(9-17)2-1-5-18-14/h1-5,8,21H,6-7H2,(H,18,19)(H,20,22). The summed E-state index contributed by atoms with van der Waals surface area (Å²) in [5, 5.41) is 24.3. The summed E-state index contributed by atoms with van der Waals surface area (Å²) in [5.74, 6) is 0.0235. The summed E-state index contributed by atoms with van der Waals surface area (Å²) in [7, 11) is 0. The zero-order chi connectivity index (χ0) is 15.9. The fraction of sp³-hybridized carbons (Fsp3) is 0.133. The number of amides is 1. The number of nitriles is 1. The lowest BCUT2D eigenvalue weighted by molar-refractivity contribution is 0.0952. The van der Waals surface area contributed by atoms with Crippen molar-refractivity contribution < 1.29 is 9.90 Å². The van der Waals surface area contributed by atoms with Crippen LogP contribution in [0.15, 0.2) is 41.0 Å². The lowest BCUT2D eigenvalue weighted by atomic mass is 10.2. The second kappa shape index (κ2) is 7.43. The van der Waals surface area contributed by atoms with E-state index in [0.29, 0.717) is 28.9 Å². The quantitative estimate of drug-likeness (QED) is 0.710. The van der Waals surface area contributed by atoms with Crippen LogP contribution in [0.4, 0.5) is 5.82 Å². The van der Waals surface area contributed by atoms with Gasteiger partial charge in [0.2, 0.25) is 0 Å². The molecule has 6 nitrogen and oxygen atoms in total. The fourth-order valence-corrected chi connectivity index (χ4v) is 2.13. The number of phenolic OH excluding ortho intramolecular Hbond substituents is 1. The van der Waals surface area contributed by atoms with E-state index in [9.17, 15) is 9.90 Å². The Morgan fingerprint density at radius 1 is 1.36 bits per heavy atom. The maximum absolute atomic E-state index is 11.9. The number of carbonyl (C=O) groups excluding carboxylic acids is 1. The summed E-state index contributed by atoms with van der Waals surface area (Å²) in [6, 6.07) is 10.1. The molecule has 1 heterocycles. The molecule has 2 rings (SSSR count). The highest BCUT2D eigenvalue weighted by Gasteiger charge is 2.10. The Kier molecular flexibility index (Phi) is 5.33. The van der Waals surface area contributed by atoms with E-state index >= 15 is 0 Å². The van der Waals surface area contributed by atoms with Gasteiger partial charge in [-0.1, -0.05) is 15.9 Å². The first-order chi connectivity index (χ1) is 10.6. The molecule has 1 aromatic heterocycles. The van der Waals surface area contributed by atoms with E-state index in [2.05, 4.69) is 31.5 Å². The summed E-state index contributed by atoms with van der Waals surface area (Å²) in [5.41, 5.74) is 0.651. The molecule has 0 aliphatic rings. The van der Waals surface area contributed by atoms with Gasteiger partial charge in [0.1, 0.15) is 17.6 Å². The molecule has 112 valence electrons. The van der Waals surface area contributed by atoms with E-state index in [-0.39, 0.29) is 17.2 Å². The number of halogens is 1. The molecule has 22 heavy (non-hydrogen) atoms. The summed E-state index contributed by atoms with van der Waals surface area (Å²) in [6.07, 6.45) is 1.58. The predicted molar refractivity (Wildman–Crippen MR) is 85.6 cm³/mol. The van der Waals surface area contributed by atoms with Crippen LogP contribution in [-0.4, -0.2) is 29.1 Å². The van der Waals surface area contributed by atoms with Crippen molar-refractivity contribution in [3.63, 3.8) is 0 Å². The first kappa shape index (κ1) is 15.8. The van der Waals surface area contributed by atoms with Crippen molar-refractivity contribution in [3.8, 4) is 11.8 Å². The maximum atomic E-state index is 11.9. The van der Waals surface area contributed by atoms with Gasteiger partial charge in [0, 0.05) is 23.8 Å². The first-order valence-corrected chi connectivity index (χ1v) is 7.27. The summed E-state index contributed by atoms with van der Waals surface area (Å²) in [4.78, 5) is 16.0. The van der Waals surface area contributed by atoms with Crippen molar-refractivity contribution in [1.29, 1.82) is 5.26 Å². The highest BCUT2D eigenvalue weighted by atomic mass is 79.9. The highest BCUT2D eigenvalue weighted by molar-refractivity contribution is 9.10. The van der Waals surface area contributed by atoms with Crippen LogP contribution in [0, 0.1) is 11.3 Å². The van der Waals surface area contributed by atoms with E-state index in [4.69, 9.17) is 5.26 Å². The summed E-state index contributed by atoms with van der Waals surface area (Å²) < 4.78 is 0.697. The van der Waals surface area contributed by atoms with Gasteiger partial charge in [0.25, 0.3) is 5.91 Å². The van der Waals surface area contributed by atoms with Gasteiger partial charge >= 0.3 is 0 Å². The molecule has 1 aromatic carbocycles. The predicted octanol–water partition coefficient (Wildman–Crippen LogP) is 2.26. The minimum atomic E-state index is -0.367. The monoisotopic (exact) mass is 360 g/mol. The Balaban J connectivity index is 1.86. The normalized spacial score (nSPS) is 9.82. The van der Waals surface area contributed by atoms with Crippen LogP contribution in [-0.2, 0) is 0 Å². The average Bonchev–Trinajstić information content (AvgIpc) is 2.51. The van der Waals surface area contributed by atoms with Gasteiger partial charge in [-0.15, -0.1) is 0 Å². The number of rotatable bonds is 5. The third kappa shape index (κ3) is 3.96. The molecule has 3 N–H and O–H groups in total. The Labute approximate surface area is 135 Å². The van der Waals surface area contributed by atoms with E-state index in [1.165, 1.54) is 12.1 Å². The van der Waals surface area contributed by atoms with Crippen LogP contribution < -0.4 is 10.6 Å². The van der Waals surface area contributed by atoms with Crippen LogP contribution in [0.2, 0.25) is 0 Å². The van der Waals surface area contributed by atoms with Crippen molar-refractivity contribution in [2.45, 2.75) is 0 Å². The molecule has 1 amide bonds. The van der Waals surface area contributed by atoms with Gasteiger partial charge < -0.3 is 15.7 Å². The topological polar surface area (TPSA) is 98.0 Å². The molecular weight excluding hydrogens is 348 g/mol. The van der Waals surface area contributed by atoms with Crippen molar-refractivity contribution >= 4 is 27.7 Å². The van der Waals surface area contributed by atoms with Crippen LogP contribution in [0.1, 0.15) is 15.9 Å². The first-order valence-electron chi connectivity index (χ1n) is 6.47. The number of hydrogen-bond acceptors (Lipinski definition) is 5. The van der Waals surface area contributed by atoms with Gasteiger partial charge in [0.15, 0.2) is 0 Å². The fourth-order valence-electron chi connectivity index (χ4n) is 1.79. The number of nitrogens with one attached hydrogen (secondary N) is 2. The zero-order valence-electron chi connectivity index (χ0n) is 11.5. The van der Waals surface area contributed by atoms with Crippen LogP contribution in [0.3, 0.4) is 0 Å². The van der Waals surface area contributed by atoms with Gasteiger partial charge in [-0.05, 0) is 30.3 Å². The number of aromatic nitrogens is 1. The molecule has 0 spiro atoms. The van der Waals surface area contributed by atoms with Crippen molar-refractivity contribution in [2.75, 3.05) is 18.4 Å². The minimum absolute atomic E-state index is 0.0867. The molecule has 0 aliphatic heterocycles. The second-order valence-corrected chi connectivity index (χ2v) is 5.27. The molecule has 0 fully saturated rings. The lowest BCUT2D eigenvalue weighted by Gasteiger charge is -2.09. The summed E-state index contributed by atoms with van der Waals surface area (Å²) >= 11 is 3.21. The maximum Gasteiger partial charge on any atom is 0.255 e. The van der Waals surface area contributed by atoms with E-state index in [1.54, 1.807) is 24.4 Å². The Morgan fingerprint density at radius 2 is 2.18 bits per heavy atom. The minimum Gasteiger partial charge on any atom is -0.507 e. The summed E-state index contributed by atoms with van der Waals surface area (Å²) in [6.45, 7) is 0.741. The van der Waals surface area contributed by atoms with E-state index in [1.807, 2.05) is 6.07 Å². The molecule has 0 radical (unpaired) electrons. The molecular formula is C15H13BrN4O2. The van der Waals surface area contributed by atoms with Crippen LogP contribution in [0.5, 0.6) is 5.75 Å². The largest absolute Gasteiger partial charge is 0.507 e. The van der Waals surface area contributed by atoms with Crippen LogP contribution in [0.25, 0.3) is 0 Å². The van der Waals surface area contributed by atoms with Gasteiger partial charge in [-0.25, -0.2) is 4.98 Å². The molecule has 0 aliphatic carbocycles. The molecule has 0 atom stereocenters. The number of aromatic hydroxyl groups is 1. The third-order valence-corrected chi connectivity index (χ3v) is 3.33. The van der Waals surface area contributed by atoms with Gasteiger partial charge in [0.05, 0.1) is 11.1 Å². The van der Waals surface area contributed by atoms with Crippen molar-refractivity contribution in [1.82, 2.24) is 10.3 Å². The Hall–Kier alpha value is -2.59. The number of phenols is 1. The second-order valence-electron chi connectivity index (χ2n) is 4.36. The molecule has 7 heteroatoms. The Morgan fingerprint density at radius 3 is 2.91 bits per heavy atom. The number of pyridine rings is 1. The SMILES string of the molecule is N#Cc1cccnc1NCCNC(=O)c1ccc(Br)cc1O. The molecule has 0 saturated carbocycles. The number of anilines is 1. The van der Waals surface area contributed by atoms with Gasteiger partial charge in [-0.3, -0.25) is 4.79 Å². The number of carbonyl (C=O) groups is 1. The molecule has 2 aromatic rings. The molecule has 0 saturated heterocycles. The third-order valence-electron chi connectivity index (χ3n) is 2.84. The lowest BCUT2D eigenvalue weighted by Crippen LogP contribution is -2.29. The van der Waals surface area contributed by atoms with Crippen LogP contribution >= 0.6 is 15.9 Å². The van der Waals surface area contributed by atoms with Crippen molar-refractivity contribution in [2.24, 2.45) is 0 Å². The smallest absolute Gasteiger partial charge is 0.255 e.